The van der Waals surface area contributed by atoms with Gasteiger partial charge in [0.1, 0.15) is 12.4 Å². The second kappa shape index (κ2) is 12.6. The Morgan fingerprint density at radius 2 is 1.67 bits per heavy atom. The van der Waals surface area contributed by atoms with Crippen molar-refractivity contribution in [2.45, 2.75) is 132 Å². The number of hydrogen-bond donors (Lipinski definition) is 1. The molecule has 0 radical (unpaired) electrons. The van der Waals surface area contributed by atoms with Gasteiger partial charge in [-0.2, -0.15) is 0 Å². The lowest BCUT2D eigenvalue weighted by Crippen LogP contribution is -2.63. The summed E-state index contributed by atoms with van der Waals surface area (Å²) in [7, 11) is 0. The molecule has 1 N–H and O–H groups in total. The fraction of sp³-hybridized carbons (Fsp3) is 0.714. The monoisotopic (exact) mass is 691 g/mol. The molecule has 5 aliphatic carbocycles. The van der Waals surface area contributed by atoms with Crippen molar-refractivity contribution in [2.24, 2.45) is 56.7 Å². The quantitative estimate of drug-likeness (QED) is 0.217. The van der Waals surface area contributed by atoms with E-state index in [0.29, 0.717) is 35.7 Å². The van der Waals surface area contributed by atoms with Crippen LogP contribution in [0.5, 0.6) is 0 Å². The molecule has 49 heavy (non-hydrogen) atoms. The van der Waals surface area contributed by atoms with Crippen LogP contribution < -0.4 is 5.32 Å². The van der Waals surface area contributed by atoms with Crippen LogP contribution in [-0.4, -0.2) is 30.0 Å². The molecule has 0 aromatic heterocycles. The number of benzene rings is 1. The van der Waals surface area contributed by atoms with Crippen molar-refractivity contribution in [1.82, 2.24) is 5.32 Å². The van der Waals surface area contributed by atoms with E-state index in [1.54, 1.807) is 13.8 Å². The summed E-state index contributed by atoms with van der Waals surface area (Å²) in [6, 6.07) is 7.62. The Kier molecular flexibility index (Phi) is 9.37. The van der Waals surface area contributed by atoms with Crippen LogP contribution in [0.1, 0.15) is 125 Å². The third kappa shape index (κ3) is 5.84. The standard InChI is InChI=1S/C42H58ClNO5/c1-25(2)35-30(46)21-42(37(48)44-23-26-11-9-10-12-29(26)43)20-15-28-27(36(35)42)13-14-32-40(28,7)18-16-31-39(5,6)33(17-19-41(31,32)8)49-34(47)22-38(3,4)24-45/h9-12,24-25,27-28,31-33H,13-23H2,1-8H3,(H,44,48)/t27?,28?,31?,32?,33-,40-,41-,42+/m0/s1. The van der Waals surface area contributed by atoms with Gasteiger partial charge in [-0.15, -0.1) is 0 Å². The number of fused-ring (bicyclic) bond motifs is 7. The number of hydrogen-bond acceptors (Lipinski definition) is 5. The van der Waals surface area contributed by atoms with Crippen LogP contribution in [0.15, 0.2) is 35.4 Å². The topological polar surface area (TPSA) is 89.5 Å². The van der Waals surface area contributed by atoms with Gasteiger partial charge in [0, 0.05) is 28.8 Å². The normalized spacial score (nSPS) is 36.7. The first-order chi connectivity index (χ1) is 22.9. The van der Waals surface area contributed by atoms with Crippen molar-refractivity contribution in [3.8, 4) is 0 Å². The van der Waals surface area contributed by atoms with Crippen LogP contribution in [0.4, 0.5) is 0 Å². The van der Waals surface area contributed by atoms with Gasteiger partial charge in [0.15, 0.2) is 5.78 Å². The first-order valence-corrected chi connectivity index (χ1v) is 19.2. The predicted octanol–water partition coefficient (Wildman–Crippen LogP) is 9.07. The highest BCUT2D eigenvalue weighted by Crippen LogP contribution is 2.73. The summed E-state index contributed by atoms with van der Waals surface area (Å²) < 4.78 is 6.18. The summed E-state index contributed by atoms with van der Waals surface area (Å²) in [5.41, 5.74) is 1.50. The summed E-state index contributed by atoms with van der Waals surface area (Å²) in [5.74, 6) is 1.54. The van der Waals surface area contributed by atoms with Gasteiger partial charge in [-0.3, -0.25) is 14.4 Å². The Morgan fingerprint density at radius 3 is 2.35 bits per heavy atom. The zero-order valence-corrected chi connectivity index (χ0v) is 31.8. The van der Waals surface area contributed by atoms with Gasteiger partial charge < -0.3 is 14.8 Å². The van der Waals surface area contributed by atoms with E-state index in [4.69, 9.17) is 16.3 Å². The third-order valence-electron chi connectivity index (χ3n) is 14.6. The number of rotatable bonds is 8. The Balaban J connectivity index is 1.27. The van der Waals surface area contributed by atoms with Gasteiger partial charge in [0.25, 0.3) is 0 Å². The van der Waals surface area contributed by atoms with Gasteiger partial charge in [0.05, 0.1) is 11.8 Å². The molecule has 0 heterocycles. The average molecular weight is 692 g/mol. The molecule has 6 rings (SSSR count). The number of amides is 1. The molecule has 0 bridgehead atoms. The van der Waals surface area contributed by atoms with E-state index in [9.17, 15) is 19.2 Å². The minimum Gasteiger partial charge on any atom is -0.462 e. The predicted molar refractivity (Wildman–Crippen MR) is 192 cm³/mol. The zero-order valence-electron chi connectivity index (χ0n) is 31.0. The second-order valence-electron chi connectivity index (χ2n) is 18.5. The highest BCUT2D eigenvalue weighted by atomic mass is 35.5. The first kappa shape index (κ1) is 36.3. The number of ketones is 1. The molecule has 6 nitrogen and oxygen atoms in total. The van der Waals surface area contributed by atoms with Crippen LogP contribution in [0.25, 0.3) is 0 Å². The number of esters is 1. The summed E-state index contributed by atoms with van der Waals surface area (Å²) in [6.45, 7) is 17.8. The number of halogens is 1. The SMILES string of the molecule is CC(C)C1=C2C3CCC4[C@@](C)(CCC5C(C)(C)[C@@H](OC(=O)CC(C)(C)C=O)CC[C@@]54C)C3CC[C@@]2(C(=O)NCc2ccccc2Cl)CC1=O. The maximum Gasteiger partial charge on any atom is 0.307 e. The molecule has 4 fully saturated rings. The second-order valence-corrected chi connectivity index (χ2v) is 19.0. The van der Waals surface area contributed by atoms with Gasteiger partial charge >= 0.3 is 5.97 Å². The molecule has 0 aliphatic heterocycles. The fourth-order valence-electron chi connectivity index (χ4n) is 12.4. The summed E-state index contributed by atoms with van der Waals surface area (Å²) in [4.78, 5) is 52.7. The minimum absolute atomic E-state index is 0.0148. The summed E-state index contributed by atoms with van der Waals surface area (Å²) in [6.07, 6.45) is 8.85. The van der Waals surface area contributed by atoms with Crippen LogP contribution in [0, 0.1) is 56.7 Å². The lowest BCUT2D eigenvalue weighted by atomic mass is 9.36. The van der Waals surface area contributed by atoms with Crippen molar-refractivity contribution in [3.05, 3.63) is 46.0 Å². The first-order valence-electron chi connectivity index (χ1n) is 18.9. The Morgan fingerprint density at radius 1 is 0.980 bits per heavy atom. The number of Topliss-reactive ketones (excluding diaryl/α,β-unsaturated/α-hetero) is 1. The molecule has 1 aromatic carbocycles. The molecule has 0 spiro atoms. The molecule has 4 saturated carbocycles. The Bertz CT molecular complexity index is 1560. The van der Waals surface area contributed by atoms with E-state index in [-0.39, 0.29) is 64.7 Å². The number of allylic oxidation sites excluding steroid dienone is 1. The highest BCUT2D eigenvalue weighted by Gasteiger charge is 2.67. The van der Waals surface area contributed by atoms with Crippen molar-refractivity contribution in [1.29, 1.82) is 0 Å². The Hall–Kier alpha value is -2.47. The smallest absolute Gasteiger partial charge is 0.307 e. The summed E-state index contributed by atoms with van der Waals surface area (Å²) >= 11 is 6.45. The Labute approximate surface area is 298 Å². The van der Waals surface area contributed by atoms with Crippen LogP contribution in [0.2, 0.25) is 5.02 Å². The largest absolute Gasteiger partial charge is 0.462 e. The van der Waals surface area contributed by atoms with Gasteiger partial charge in [-0.25, -0.2) is 0 Å². The number of carbonyl (C=O) groups is 4. The van der Waals surface area contributed by atoms with E-state index in [0.717, 1.165) is 62.4 Å². The van der Waals surface area contributed by atoms with E-state index in [1.807, 2.05) is 24.3 Å². The van der Waals surface area contributed by atoms with Gasteiger partial charge in [-0.05, 0) is 115 Å². The van der Waals surface area contributed by atoms with E-state index in [1.165, 1.54) is 5.57 Å². The number of aldehydes is 1. The van der Waals surface area contributed by atoms with Crippen LogP contribution in [-0.2, 0) is 30.5 Å². The molecule has 5 aliphatic rings. The van der Waals surface area contributed by atoms with E-state index >= 15 is 0 Å². The van der Waals surface area contributed by atoms with Crippen molar-refractivity contribution < 1.29 is 23.9 Å². The summed E-state index contributed by atoms with van der Waals surface area (Å²) in [5, 5.41) is 3.87. The maximum absolute atomic E-state index is 14.4. The number of nitrogens with one attached hydrogen (secondary N) is 1. The molecular formula is C42H58ClNO5. The molecule has 7 heteroatoms. The molecular weight excluding hydrogens is 634 g/mol. The molecule has 0 saturated heterocycles. The highest BCUT2D eigenvalue weighted by molar-refractivity contribution is 6.31. The average Bonchev–Trinajstić information content (AvgIpc) is 3.35. The zero-order chi connectivity index (χ0) is 35.7. The molecule has 1 aromatic rings. The molecule has 268 valence electrons. The lowest BCUT2D eigenvalue weighted by Gasteiger charge is -2.68. The maximum atomic E-state index is 14.4. The minimum atomic E-state index is -0.772. The number of carbonyl (C=O) groups excluding carboxylic acids is 4. The fourth-order valence-corrected chi connectivity index (χ4v) is 12.6. The van der Waals surface area contributed by atoms with Crippen LogP contribution in [0.3, 0.4) is 0 Å². The van der Waals surface area contributed by atoms with E-state index in [2.05, 4.69) is 46.9 Å². The van der Waals surface area contributed by atoms with Gasteiger partial charge in [0.2, 0.25) is 5.91 Å². The van der Waals surface area contributed by atoms with E-state index < -0.39 is 10.8 Å². The molecule has 1 amide bonds. The van der Waals surface area contributed by atoms with Crippen LogP contribution >= 0.6 is 11.6 Å². The lowest BCUT2D eigenvalue weighted by molar-refractivity contribution is -0.213. The third-order valence-corrected chi connectivity index (χ3v) is 14.9. The molecule has 8 atom stereocenters. The molecule has 4 unspecified atom stereocenters. The van der Waals surface area contributed by atoms with Crippen molar-refractivity contribution >= 4 is 35.5 Å². The van der Waals surface area contributed by atoms with Gasteiger partial charge in [-0.1, -0.05) is 85.2 Å². The van der Waals surface area contributed by atoms with Crippen molar-refractivity contribution in [2.75, 3.05) is 0 Å². The number of ether oxygens (including phenoxy) is 1. The van der Waals surface area contributed by atoms with Crippen molar-refractivity contribution in [3.63, 3.8) is 0 Å².